The third-order valence-corrected chi connectivity index (χ3v) is 2.78. The third-order valence-electron chi connectivity index (χ3n) is 2.78. The van der Waals surface area contributed by atoms with E-state index in [4.69, 9.17) is 0 Å². The third kappa shape index (κ3) is 3.81. The van der Waals surface area contributed by atoms with Crippen molar-refractivity contribution in [3.63, 3.8) is 0 Å². The van der Waals surface area contributed by atoms with Crippen molar-refractivity contribution in [2.24, 2.45) is 0 Å². The van der Waals surface area contributed by atoms with Crippen LogP contribution in [0.15, 0.2) is 42.6 Å². The quantitative estimate of drug-likeness (QED) is 0.880. The van der Waals surface area contributed by atoms with Gasteiger partial charge in [0.25, 0.3) is 0 Å². The molecule has 0 aliphatic carbocycles. The van der Waals surface area contributed by atoms with Crippen LogP contribution in [-0.4, -0.2) is 11.0 Å². The monoisotopic (exact) mass is 255 g/mol. The normalized spacial score (nSPS) is 10.0. The molecule has 2 aromatic rings. The van der Waals surface area contributed by atoms with E-state index < -0.39 is 0 Å². The van der Waals surface area contributed by atoms with Gasteiger partial charge in [-0.25, -0.2) is 9.78 Å². The van der Waals surface area contributed by atoms with Gasteiger partial charge in [-0.1, -0.05) is 19.1 Å². The van der Waals surface area contributed by atoms with Crippen LogP contribution in [0.5, 0.6) is 0 Å². The molecule has 0 spiro atoms. The molecule has 19 heavy (non-hydrogen) atoms. The Bertz CT molecular complexity index is 564. The Morgan fingerprint density at radius 2 is 1.89 bits per heavy atom. The first kappa shape index (κ1) is 13.1. The summed E-state index contributed by atoms with van der Waals surface area (Å²) < 4.78 is 0. The smallest absolute Gasteiger partial charge is 0.308 e. The van der Waals surface area contributed by atoms with E-state index in [2.05, 4.69) is 22.5 Å². The van der Waals surface area contributed by atoms with Gasteiger partial charge in [0.05, 0.1) is 0 Å². The second-order valence-corrected chi connectivity index (χ2v) is 4.35. The summed E-state index contributed by atoms with van der Waals surface area (Å²) in [5.74, 6) is 0.544. The number of urea groups is 1. The highest BCUT2D eigenvalue weighted by molar-refractivity contribution is 5.99. The van der Waals surface area contributed by atoms with E-state index in [9.17, 15) is 4.79 Å². The molecule has 0 saturated heterocycles. The van der Waals surface area contributed by atoms with Gasteiger partial charge in [0, 0.05) is 11.9 Å². The summed E-state index contributed by atoms with van der Waals surface area (Å²) in [7, 11) is 0. The molecule has 1 aromatic carbocycles. The molecule has 0 saturated carbocycles. The van der Waals surface area contributed by atoms with Gasteiger partial charge in [-0.05, 0) is 48.7 Å². The van der Waals surface area contributed by atoms with Crippen LogP contribution in [0.1, 0.15) is 18.1 Å². The molecule has 98 valence electrons. The molecule has 0 aliphatic rings. The van der Waals surface area contributed by atoms with E-state index in [1.807, 2.05) is 43.3 Å². The van der Waals surface area contributed by atoms with Gasteiger partial charge in [0.1, 0.15) is 5.82 Å². The molecular formula is C15H17N3O. The minimum absolute atomic E-state index is 0.289. The number of benzene rings is 1. The maximum atomic E-state index is 11.8. The second-order valence-electron chi connectivity index (χ2n) is 4.35. The van der Waals surface area contributed by atoms with Crippen LogP contribution in [0.4, 0.5) is 16.3 Å². The van der Waals surface area contributed by atoms with E-state index in [1.165, 1.54) is 5.56 Å². The van der Waals surface area contributed by atoms with Crippen LogP contribution >= 0.6 is 0 Å². The first-order valence-corrected chi connectivity index (χ1v) is 6.27. The Labute approximate surface area is 112 Å². The number of anilines is 2. The lowest BCUT2D eigenvalue weighted by molar-refractivity contribution is 0.262. The molecule has 0 radical (unpaired) electrons. The average molecular weight is 255 g/mol. The van der Waals surface area contributed by atoms with E-state index in [0.29, 0.717) is 5.82 Å². The number of carbonyl (C=O) groups is 1. The molecule has 0 fully saturated rings. The number of pyridine rings is 1. The molecule has 1 heterocycles. The van der Waals surface area contributed by atoms with Crippen LogP contribution in [0.2, 0.25) is 0 Å². The fourth-order valence-electron chi connectivity index (χ4n) is 1.71. The zero-order valence-electron chi connectivity index (χ0n) is 11.1. The summed E-state index contributed by atoms with van der Waals surface area (Å²) in [5, 5.41) is 5.47. The molecular weight excluding hydrogens is 238 g/mol. The summed E-state index contributed by atoms with van der Waals surface area (Å²) in [6, 6.07) is 11.2. The summed E-state index contributed by atoms with van der Waals surface area (Å²) in [6.07, 6.45) is 2.65. The van der Waals surface area contributed by atoms with E-state index >= 15 is 0 Å². The second kappa shape index (κ2) is 6.00. The standard InChI is InChI=1S/C15H17N3O/c1-3-12-4-6-13(7-5-12)17-15(19)18-14-10-11(2)8-9-16-14/h4-10H,3H2,1-2H3,(H2,16,17,18,19). The summed E-state index contributed by atoms with van der Waals surface area (Å²) >= 11 is 0. The highest BCUT2D eigenvalue weighted by Crippen LogP contribution is 2.11. The number of hydrogen-bond donors (Lipinski definition) is 2. The minimum atomic E-state index is -0.289. The van der Waals surface area contributed by atoms with Crippen molar-refractivity contribution in [2.75, 3.05) is 10.6 Å². The number of amides is 2. The lowest BCUT2D eigenvalue weighted by atomic mass is 10.1. The van der Waals surface area contributed by atoms with E-state index in [1.54, 1.807) is 6.20 Å². The van der Waals surface area contributed by atoms with Gasteiger partial charge in [-0.15, -0.1) is 0 Å². The van der Waals surface area contributed by atoms with Crippen molar-refractivity contribution in [1.29, 1.82) is 0 Å². The van der Waals surface area contributed by atoms with Crippen LogP contribution in [-0.2, 0) is 6.42 Å². The molecule has 2 amide bonds. The fourth-order valence-corrected chi connectivity index (χ4v) is 1.71. The number of nitrogens with zero attached hydrogens (tertiary/aromatic N) is 1. The Hall–Kier alpha value is -2.36. The van der Waals surface area contributed by atoms with Crippen molar-refractivity contribution in [3.05, 3.63) is 53.7 Å². The molecule has 4 heteroatoms. The lowest BCUT2D eigenvalue weighted by Crippen LogP contribution is -2.20. The van der Waals surface area contributed by atoms with Crippen LogP contribution < -0.4 is 10.6 Å². The average Bonchev–Trinajstić information content (AvgIpc) is 2.39. The van der Waals surface area contributed by atoms with Crippen LogP contribution in [0.3, 0.4) is 0 Å². The lowest BCUT2D eigenvalue weighted by Gasteiger charge is -2.07. The highest BCUT2D eigenvalue weighted by Gasteiger charge is 2.03. The highest BCUT2D eigenvalue weighted by atomic mass is 16.2. The molecule has 2 N–H and O–H groups in total. The van der Waals surface area contributed by atoms with Gasteiger partial charge in [0.2, 0.25) is 0 Å². The van der Waals surface area contributed by atoms with Gasteiger partial charge in [-0.2, -0.15) is 0 Å². The van der Waals surface area contributed by atoms with Gasteiger partial charge in [-0.3, -0.25) is 5.32 Å². The molecule has 4 nitrogen and oxygen atoms in total. The zero-order chi connectivity index (χ0) is 13.7. The predicted octanol–water partition coefficient (Wildman–Crippen LogP) is 3.60. The molecule has 0 aliphatic heterocycles. The number of aromatic nitrogens is 1. The van der Waals surface area contributed by atoms with Crippen molar-refractivity contribution < 1.29 is 4.79 Å². The van der Waals surface area contributed by atoms with Crippen LogP contribution in [0, 0.1) is 6.92 Å². The molecule has 0 unspecified atom stereocenters. The molecule has 0 atom stereocenters. The fraction of sp³-hybridized carbons (Fsp3) is 0.200. The van der Waals surface area contributed by atoms with E-state index in [-0.39, 0.29) is 6.03 Å². The van der Waals surface area contributed by atoms with Crippen molar-refractivity contribution >= 4 is 17.5 Å². The largest absolute Gasteiger partial charge is 0.324 e. The van der Waals surface area contributed by atoms with Crippen molar-refractivity contribution in [2.45, 2.75) is 20.3 Å². The summed E-state index contributed by atoms with van der Waals surface area (Å²) in [4.78, 5) is 15.9. The number of carbonyl (C=O) groups excluding carboxylic acids is 1. The van der Waals surface area contributed by atoms with E-state index in [0.717, 1.165) is 17.7 Å². The predicted molar refractivity (Wildman–Crippen MR) is 77.4 cm³/mol. The zero-order valence-corrected chi connectivity index (χ0v) is 11.1. The number of hydrogen-bond acceptors (Lipinski definition) is 2. The maximum Gasteiger partial charge on any atom is 0.324 e. The molecule has 2 rings (SSSR count). The number of aryl methyl sites for hydroxylation is 2. The van der Waals surface area contributed by atoms with Gasteiger partial charge >= 0.3 is 6.03 Å². The summed E-state index contributed by atoms with van der Waals surface area (Å²) in [5.41, 5.74) is 3.06. The minimum Gasteiger partial charge on any atom is -0.308 e. The van der Waals surface area contributed by atoms with Crippen molar-refractivity contribution in [1.82, 2.24) is 4.98 Å². The Balaban J connectivity index is 1.97. The molecule has 0 bridgehead atoms. The Morgan fingerprint density at radius 3 is 2.53 bits per heavy atom. The Morgan fingerprint density at radius 1 is 1.16 bits per heavy atom. The number of rotatable bonds is 3. The topological polar surface area (TPSA) is 54.0 Å². The summed E-state index contributed by atoms with van der Waals surface area (Å²) in [6.45, 7) is 4.05. The first-order valence-electron chi connectivity index (χ1n) is 6.27. The van der Waals surface area contributed by atoms with Crippen LogP contribution in [0.25, 0.3) is 0 Å². The molecule has 1 aromatic heterocycles. The van der Waals surface area contributed by atoms with Crippen molar-refractivity contribution in [3.8, 4) is 0 Å². The Kier molecular flexibility index (Phi) is 4.13. The maximum absolute atomic E-state index is 11.8. The van der Waals surface area contributed by atoms with Gasteiger partial charge < -0.3 is 5.32 Å². The number of nitrogens with one attached hydrogen (secondary N) is 2. The SMILES string of the molecule is CCc1ccc(NC(=O)Nc2cc(C)ccn2)cc1. The first-order chi connectivity index (χ1) is 9.17. The van der Waals surface area contributed by atoms with Gasteiger partial charge in [0.15, 0.2) is 0 Å².